The third-order valence-electron chi connectivity index (χ3n) is 4.69. The molecule has 3 unspecified atom stereocenters. The highest BCUT2D eigenvalue weighted by molar-refractivity contribution is 7.92. The third-order valence-corrected chi connectivity index (χ3v) is 7.14. The molecule has 5 nitrogen and oxygen atoms in total. The number of carbonyl (C=O) groups is 1. The van der Waals surface area contributed by atoms with Crippen LogP contribution in [0.15, 0.2) is 53.4 Å². The van der Waals surface area contributed by atoms with E-state index in [1.54, 1.807) is 26.8 Å². The van der Waals surface area contributed by atoms with E-state index in [9.17, 15) is 17.6 Å². The zero-order chi connectivity index (χ0) is 21.4. The number of hydrogen-bond acceptors (Lipinski definition) is 5. The minimum absolute atomic E-state index is 0. The molecule has 0 aromatic heterocycles. The predicted octanol–water partition coefficient (Wildman–Crippen LogP) is 4.49. The highest BCUT2D eigenvalue weighted by atomic mass is 35.5. The SMILES string of the molecule is CC(C)(C)OC(=O)C1CC(S(=O)(=O)c2ccc(Cl)cc2)C(c2ccccc2F)N1.Cl. The monoisotopic (exact) mass is 475 g/mol. The fourth-order valence-corrected chi connectivity index (χ4v) is 5.44. The van der Waals surface area contributed by atoms with Gasteiger partial charge in [0.15, 0.2) is 9.84 Å². The van der Waals surface area contributed by atoms with E-state index in [4.69, 9.17) is 16.3 Å². The molecule has 1 aliphatic rings. The van der Waals surface area contributed by atoms with Crippen LogP contribution in [0.3, 0.4) is 0 Å². The Labute approximate surface area is 187 Å². The maximum absolute atomic E-state index is 14.5. The van der Waals surface area contributed by atoms with Crippen LogP contribution in [0.4, 0.5) is 4.39 Å². The van der Waals surface area contributed by atoms with Gasteiger partial charge in [0.2, 0.25) is 0 Å². The molecule has 1 saturated heterocycles. The predicted molar refractivity (Wildman–Crippen MR) is 116 cm³/mol. The van der Waals surface area contributed by atoms with Crippen LogP contribution in [0.2, 0.25) is 5.02 Å². The molecule has 0 aliphatic carbocycles. The lowest BCUT2D eigenvalue weighted by atomic mass is 10.0. The number of ether oxygens (including phenoxy) is 1. The minimum atomic E-state index is -3.88. The summed E-state index contributed by atoms with van der Waals surface area (Å²) in [6.07, 6.45) is -0.0289. The molecule has 3 atom stereocenters. The Kier molecular flexibility index (Phi) is 7.56. The maximum atomic E-state index is 14.5. The van der Waals surface area contributed by atoms with Crippen LogP contribution in [0.25, 0.3) is 0 Å². The zero-order valence-corrected chi connectivity index (χ0v) is 19.2. The molecule has 2 aromatic rings. The molecule has 1 N–H and O–H groups in total. The lowest BCUT2D eigenvalue weighted by Crippen LogP contribution is -2.38. The first kappa shape index (κ1) is 24.6. The Morgan fingerprint density at radius 3 is 2.30 bits per heavy atom. The lowest BCUT2D eigenvalue weighted by molar-refractivity contribution is -0.157. The minimum Gasteiger partial charge on any atom is -0.459 e. The molecule has 30 heavy (non-hydrogen) atoms. The average molecular weight is 476 g/mol. The van der Waals surface area contributed by atoms with E-state index in [0.717, 1.165) is 0 Å². The first-order valence-electron chi connectivity index (χ1n) is 9.22. The van der Waals surface area contributed by atoms with Gasteiger partial charge in [-0.3, -0.25) is 10.1 Å². The number of hydrogen-bond donors (Lipinski definition) is 1. The second-order valence-corrected chi connectivity index (χ2v) is 10.6. The smallest absolute Gasteiger partial charge is 0.323 e. The van der Waals surface area contributed by atoms with E-state index in [2.05, 4.69) is 5.32 Å². The summed E-state index contributed by atoms with van der Waals surface area (Å²) in [5, 5.41) is 2.35. The van der Waals surface area contributed by atoms with E-state index < -0.39 is 44.6 Å². The lowest BCUT2D eigenvalue weighted by Gasteiger charge is -2.22. The summed E-state index contributed by atoms with van der Waals surface area (Å²) in [6.45, 7) is 5.20. The van der Waals surface area contributed by atoms with Crippen molar-refractivity contribution in [1.82, 2.24) is 5.32 Å². The molecule has 9 heteroatoms. The Hall–Kier alpha value is -1.67. The molecule has 3 rings (SSSR count). The first-order valence-corrected chi connectivity index (χ1v) is 11.1. The van der Waals surface area contributed by atoms with Gasteiger partial charge in [0.1, 0.15) is 17.5 Å². The van der Waals surface area contributed by atoms with E-state index in [-0.39, 0.29) is 29.3 Å². The van der Waals surface area contributed by atoms with Gasteiger partial charge in [0.05, 0.1) is 16.2 Å². The summed E-state index contributed by atoms with van der Waals surface area (Å²) in [7, 11) is -3.88. The van der Waals surface area contributed by atoms with E-state index in [1.807, 2.05) is 0 Å². The van der Waals surface area contributed by atoms with Crippen molar-refractivity contribution in [3.8, 4) is 0 Å². The van der Waals surface area contributed by atoms with Crippen molar-refractivity contribution in [3.05, 3.63) is 64.9 Å². The van der Waals surface area contributed by atoms with Gasteiger partial charge in [0, 0.05) is 10.6 Å². The largest absolute Gasteiger partial charge is 0.459 e. The molecule has 1 aliphatic heterocycles. The van der Waals surface area contributed by atoms with Gasteiger partial charge >= 0.3 is 5.97 Å². The number of nitrogens with one attached hydrogen (secondary N) is 1. The standard InChI is InChI=1S/C21H23ClFNO4S.ClH/c1-21(2,3)28-20(25)17-12-18(19(24-17)15-6-4-5-7-16(15)23)29(26,27)14-10-8-13(22)9-11-14;/h4-11,17-19,24H,12H2,1-3H3;1H. The molecule has 2 aromatic carbocycles. The van der Waals surface area contributed by atoms with Gasteiger partial charge in [-0.2, -0.15) is 0 Å². The van der Waals surface area contributed by atoms with Crippen molar-refractivity contribution in [2.24, 2.45) is 0 Å². The molecular weight excluding hydrogens is 452 g/mol. The van der Waals surface area contributed by atoms with Gasteiger partial charge in [-0.25, -0.2) is 12.8 Å². The summed E-state index contributed by atoms with van der Waals surface area (Å²) >= 11 is 5.88. The van der Waals surface area contributed by atoms with Crippen molar-refractivity contribution in [3.63, 3.8) is 0 Å². The third kappa shape index (κ3) is 5.32. The fraction of sp³-hybridized carbons (Fsp3) is 0.381. The summed E-state index contributed by atoms with van der Waals surface area (Å²) in [4.78, 5) is 12.7. The summed E-state index contributed by atoms with van der Waals surface area (Å²) < 4.78 is 46.6. The quantitative estimate of drug-likeness (QED) is 0.659. The average Bonchev–Trinajstić information content (AvgIpc) is 3.07. The molecule has 0 bridgehead atoms. The topological polar surface area (TPSA) is 72.5 Å². The van der Waals surface area contributed by atoms with Crippen molar-refractivity contribution in [1.29, 1.82) is 0 Å². The number of sulfone groups is 1. The summed E-state index contributed by atoms with van der Waals surface area (Å²) in [6, 6.07) is 9.99. The molecular formula is C21H24Cl2FNO4S. The van der Waals surface area contributed by atoms with Crippen LogP contribution in [-0.4, -0.2) is 31.3 Å². The van der Waals surface area contributed by atoms with Crippen molar-refractivity contribution in [2.75, 3.05) is 0 Å². The van der Waals surface area contributed by atoms with E-state index >= 15 is 0 Å². The van der Waals surface area contributed by atoms with Crippen LogP contribution in [0.1, 0.15) is 38.8 Å². The first-order chi connectivity index (χ1) is 13.5. The fourth-order valence-electron chi connectivity index (χ4n) is 3.42. The molecule has 1 fully saturated rings. The van der Waals surface area contributed by atoms with E-state index in [1.165, 1.54) is 42.5 Å². The molecule has 0 amide bonds. The number of esters is 1. The maximum Gasteiger partial charge on any atom is 0.323 e. The highest BCUT2D eigenvalue weighted by Crippen LogP contribution is 2.37. The van der Waals surface area contributed by atoms with Crippen LogP contribution in [0, 0.1) is 5.82 Å². The molecule has 1 heterocycles. The Morgan fingerprint density at radius 2 is 1.73 bits per heavy atom. The number of benzene rings is 2. The van der Waals surface area contributed by atoms with Crippen LogP contribution < -0.4 is 5.32 Å². The Balaban J connectivity index is 0.00000320. The second-order valence-electron chi connectivity index (χ2n) is 8.02. The van der Waals surface area contributed by atoms with Crippen molar-refractivity contribution in [2.45, 2.75) is 55.0 Å². The van der Waals surface area contributed by atoms with Gasteiger partial charge in [-0.15, -0.1) is 12.4 Å². The number of rotatable bonds is 4. The summed E-state index contributed by atoms with van der Waals surface area (Å²) in [5.74, 6) is -1.10. The van der Waals surface area contributed by atoms with Gasteiger partial charge in [-0.05, 0) is 57.5 Å². The second kappa shape index (κ2) is 9.22. The van der Waals surface area contributed by atoms with E-state index in [0.29, 0.717) is 5.02 Å². The molecule has 164 valence electrons. The Morgan fingerprint density at radius 1 is 1.13 bits per heavy atom. The summed E-state index contributed by atoms with van der Waals surface area (Å²) in [5.41, 5.74) is -0.527. The molecule has 0 spiro atoms. The van der Waals surface area contributed by atoms with Crippen LogP contribution in [-0.2, 0) is 19.4 Å². The normalized spacial score (nSPS) is 21.7. The van der Waals surface area contributed by atoms with Gasteiger partial charge in [0.25, 0.3) is 0 Å². The van der Waals surface area contributed by atoms with Crippen molar-refractivity contribution < 1.29 is 22.3 Å². The van der Waals surface area contributed by atoms with Crippen LogP contribution >= 0.6 is 24.0 Å². The van der Waals surface area contributed by atoms with Crippen LogP contribution in [0.5, 0.6) is 0 Å². The van der Waals surface area contributed by atoms with Gasteiger partial charge < -0.3 is 4.74 Å². The molecule has 0 saturated carbocycles. The number of carbonyl (C=O) groups excluding carboxylic acids is 1. The molecule has 0 radical (unpaired) electrons. The number of halogens is 3. The highest BCUT2D eigenvalue weighted by Gasteiger charge is 2.47. The Bertz CT molecular complexity index is 1010. The van der Waals surface area contributed by atoms with Crippen molar-refractivity contribution >= 4 is 39.8 Å². The zero-order valence-electron chi connectivity index (χ0n) is 16.8. The van der Waals surface area contributed by atoms with Gasteiger partial charge in [-0.1, -0.05) is 29.8 Å².